The average Bonchev–Trinajstić information content (AvgIpc) is 3.16. The predicted molar refractivity (Wildman–Crippen MR) is 85.6 cm³/mol. The van der Waals surface area contributed by atoms with Crippen LogP contribution in [0.2, 0.25) is 0 Å². The molecule has 1 atom stereocenters. The van der Waals surface area contributed by atoms with E-state index in [-0.39, 0.29) is 24.1 Å². The molecule has 2 aromatic rings. The van der Waals surface area contributed by atoms with E-state index in [0.717, 1.165) is 23.5 Å². The summed E-state index contributed by atoms with van der Waals surface area (Å²) >= 11 is 0. The summed E-state index contributed by atoms with van der Waals surface area (Å²) in [5, 5.41) is 6.92. The zero-order valence-corrected chi connectivity index (χ0v) is 13.9. The molecule has 2 heterocycles. The molecule has 1 aromatic carbocycles. The van der Waals surface area contributed by atoms with Gasteiger partial charge in [-0.1, -0.05) is 0 Å². The van der Waals surface area contributed by atoms with Gasteiger partial charge in [0.25, 0.3) is 0 Å². The van der Waals surface area contributed by atoms with Gasteiger partial charge in [0.2, 0.25) is 5.91 Å². The molecule has 1 aliphatic rings. The summed E-state index contributed by atoms with van der Waals surface area (Å²) in [6, 6.07) is 5.07. The van der Waals surface area contributed by atoms with Crippen molar-refractivity contribution in [3.05, 3.63) is 41.2 Å². The van der Waals surface area contributed by atoms with Crippen LogP contribution >= 0.6 is 0 Å². The molecule has 5 nitrogen and oxygen atoms in total. The molecule has 1 amide bonds. The fourth-order valence-electron chi connectivity index (χ4n) is 2.85. The van der Waals surface area contributed by atoms with Gasteiger partial charge in [0, 0.05) is 12.3 Å². The molecular weight excluding hydrogens is 335 g/mol. The summed E-state index contributed by atoms with van der Waals surface area (Å²) in [7, 11) is 0. The van der Waals surface area contributed by atoms with E-state index in [0.29, 0.717) is 18.7 Å². The number of amides is 1. The highest BCUT2D eigenvalue weighted by atomic mass is 19.4. The van der Waals surface area contributed by atoms with Crippen molar-refractivity contribution in [3.8, 4) is 5.69 Å². The van der Waals surface area contributed by atoms with Crippen LogP contribution in [0.4, 0.5) is 18.9 Å². The number of carbonyl (C=O) groups excluding carboxylic acids is 1. The first-order chi connectivity index (χ1) is 11.8. The number of hydrogen-bond acceptors (Lipinski definition) is 3. The molecule has 25 heavy (non-hydrogen) atoms. The molecule has 0 spiro atoms. The zero-order valence-electron chi connectivity index (χ0n) is 13.9. The van der Waals surface area contributed by atoms with Crippen molar-refractivity contribution in [2.24, 2.45) is 5.92 Å². The number of ether oxygens (including phenoxy) is 1. The normalized spacial score (nSPS) is 17.7. The molecule has 0 radical (unpaired) electrons. The molecule has 1 saturated heterocycles. The second-order valence-corrected chi connectivity index (χ2v) is 6.12. The number of aromatic nitrogens is 2. The van der Waals surface area contributed by atoms with Crippen LogP contribution in [-0.4, -0.2) is 28.9 Å². The molecule has 0 unspecified atom stereocenters. The third-order valence-electron chi connectivity index (χ3n) is 4.12. The van der Waals surface area contributed by atoms with Crippen LogP contribution in [0.1, 0.15) is 23.4 Å². The molecule has 3 rings (SSSR count). The molecule has 0 bridgehead atoms. The highest BCUT2D eigenvalue weighted by Gasteiger charge is 2.32. The standard InChI is InChI=1S/C17H18F3N3O2/c1-10-7-11(2)23(22-10)15-4-3-13(17(18,19)20)8-14(15)21-16(24)12-5-6-25-9-12/h3-4,7-8,12H,5-6,9H2,1-2H3,(H,21,24)/t12-/m0/s1. The third-order valence-corrected chi connectivity index (χ3v) is 4.12. The van der Waals surface area contributed by atoms with Crippen LogP contribution in [0, 0.1) is 19.8 Å². The fraction of sp³-hybridized carbons (Fsp3) is 0.412. The first kappa shape index (κ1) is 17.5. The Hall–Kier alpha value is -2.35. The number of halogens is 3. The van der Waals surface area contributed by atoms with Crippen molar-refractivity contribution in [1.29, 1.82) is 0 Å². The maximum Gasteiger partial charge on any atom is 0.416 e. The number of rotatable bonds is 3. The Labute approximate surface area is 142 Å². The van der Waals surface area contributed by atoms with Gasteiger partial charge in [0.1, 0.15) is 0 Å². The maximum absolute atomic E-state index is 13.1. The minimum absolute atomic E-state index is 0.0814. The minimum atomic E-state index is -4.50. The summed E-state index contributed by atoms with van der Waals surface area (Å²) in [6.07, 6.45) is -3.94. The monoisotopic (exact) mass is 353 g/mol. The Morgan fingerprint density at radius 1 is 1.32 bits per heavy atom. The smallest absolute Gasteiger partial charge is 0.381 e. The highest BCUT2D eigenvalue weighted by Crippen LogP contribution is 2.34. The van der Waals surface area contributed by atoms with Crippen molar-refractivity contribution >= 4 is 11.6 Å². The van der Waals surface area contributed by atoms with Crippen LogP contribution in [0.25, 0.3) is 5.69 Å². The van der Waals surface area contributed by atoms with Crippen molar-refractivity contribution in [2.45, 2.75) is 26.4 Å². The topological polar surface area (TPSA) is 56.2 Å². The SMILES string of the molecule is Cc1cc(C)n(-c2ccc(C(F)(F)F)cc2NC(=O)[C@H]2CCOC2)n1. The van der Waals surface area contributed by atoms with Crippen LogP contribution in [0.15, 0.2) is 24.3 Å². The molecule has 0 aliphatic carbocycles. The lowest BCUT2D eigenvalue weighted by molar-refractivity contribution is -0.137. The highest BCUT2D eigenvalue weighted by molar-refractivity contribution is 5.94. The van der Waals surface area contributed by atoms with E-state index in [4.69, 9.17) is 4.74 Å². The Morgan fingerprint density at radius 2 is 2.08 bits per heavy atom. The van der Waals surface area contributed by atoms with Crippen molar-refractivity contribution in [2.75, 3.05) is 18.5 Å². The number of anilines is 1. The predicted octanol–water partition coefficient (Wildman–Crippen LogP) is 3.48. The van der Waals surface area contributed by atoms with Gasteiger partial charge < -0.3 is 10.1 Å². The van der Waals surface area contributed by atoms with E-state index in [1.807, 2.05) is 6.07 Å². The van der Waals surface area contributed by atoms with Crippen molar-refractivity contribution < 1.29 is 22.7 Å². The van der Waals surface area contributed by atoms with Gasteiger partial charge >= 0.3 is 6.18 Å². The van der Waals surface area contributed by atoms with Gasteiger partial charge in [0.15, 0.2) is 0 Å². The molecule has 8 heteroatoms. The summed E-state index contributed by atoms with van der Waals surface area (Å²) in [6.45, 7) is 4.35. The summed E-state index contributed by atoms with van der Waals surface area (Å²) < 4.78 is 45.9. The zero-order chi connectivity index (χ0) is 18.2. The van der Waals surface area contributed by atoms with Crippen molar-refractivity contribution in [3.63, 3.8) is 0 Å². The van der Waals surface area contributed by atoms with E-state index >= 15 is 0 Å². The van der Waals surface area contributed by atoms with E-state index in [9.17, 15) is 18.0 Å². The molecule has 1 fully saturated rings. The lowest BCUT2D eigenvalue weighted by Crippen LogP contribution is -2.24. The van der Waals surface area contributed by atoms with Gasteiger partial charge in [-0.15, -0.1) is 0 Å². The Balaban J connectivity index is 2.02. The third kappa shape index (κ3) is 3.68. The van der Waals surface area contributed by atoms with Crippen LogP contribution < -0.4 is 5.32 Å². The number of alkyl halides is 3. The summed E-state index contributed by atoms with van der Waals surface area (Å²) in [5.74, 6) is -0.706. The largest absolute Gasteiger partial charge is 0.416 e. The second-order valence-electron chi connectivity index (χ2n) is 6.12. The Bertz CT molecular complexity index is 793. The molecule has 134 valence electrons. The number of carbonyl (C=O) groups is 1. The Morgan fingerprint density at radius 3 is 2.64 bits per heavy atom. The fourth-order valence-corrected chi connectivity index (χ4v) is 2.85. The lowest BCUT2D eigenvalue weighted by atomic mass is 10.1. The molecule has 1 aromatic heterocycles. The maximum atomic E-state index is 13.1. The van der Waals surface area contributed by atoms with E-state index in [1.165, 1.54) is 10.7 Å². The number of aryl methyl sites for hydroxylation is 2. The van der Waals surface area contributed by atoms with Crippen molar-refractivity contribution in [1.82, 2.24) is 9.78 Å². The van der Waals surface area contributed by atoms with Crippen LogP contribution in [0.5, 0.6) is 0 Å². The van der Waals surface area contributed by atoms with Gasteiger partial charge in [-0.2, -0.15) is 18.3 Å². The first-order valence-electron chi connectivity index (χ1n) is 7.89. The number of hydrogen-bond donors (Lipinski definition) is 1. The van der Waals surface area contributed by atoms with Gasteiger partial charge in [-0.3, -0.25) is 4.79 Å². The Kier molecular flexibility index (Phi) is 4.55. The minimum Gasteiger partial charge on any atom is -0.381 e. The van der Waals surface area contributed by atoms with Gasteiger partial charge in [-0.05, 0) is 44.5 Å². The van der Waals surface area contributed by atoms with Crippen LogP contribution in [-0.2, 0) is 15.7 Å². The molecule has 1 aliphatic heterocycles. The van der Waals surface area contributed by atoms with E-state index in [2.05, 4.69) is 10.4 Å². The van der Waals surface area contributed by atoms with Gasteiger partial charge in [-0.25, -0.2) is 4.68 Å². The van der Waals surface area contributed by atoms with Gasteiger partial charge in [0.05, 0.1) is 35.2 Å². The number of nitrogens with one attached hydrogen (secondary N) is 1. The first-order valence-corrected chi connectivity index (χ1v) is 7.89. The second kappa shape index (κ2) is 6.51. The van der Waals surface area contributed by atoms with E-state index < -0.39 is 11.7 Å². The molecule has 0 saturated carbocycles. The molecule has 1 N–H and O–H groups in total. The van der Waals surface area contributed by atoms with E-state index in [1.54, 1.807) is 13.8 Å². The average molecular weight is 353 g/mol. The number of benzene rings is 1. The number of nitrogens with zero attached hydrogens (tertiary/aromatic N) is 2. The summed E-state index contributed by atoms with van der Waals surface area (Å²) in [5.41, 5.74) is 1.15. The van der Waals surface area contributed by atoms with Crippen LogP contribution in [0.3, 0.4) is 0 Å². The quantitative estimate of drug-likeness (QED) is 0.919. The lowest BCUT2D eigenvalue weighted by Gasteiger charge is -2.17. The molecular formula is C17H18F3N3O2. The summed E-state index contributed by atoms with van der Waals surface area (Å²) in [4.78, 5) is 12.3.